The zero-order valence-electron chi connectivity index (χ0n) is 11.8. The number of aromatic nitrogens is 1. The molecular formula is C15H22N2OS. The molecule has 0 N–H and O–H groups in total. The summed E-state index contributed by atoms with van der Waals surface area (Å²) in [6.45, 7) is 5.34. The molecule has 0 bridgehead atoms. The summed E-state index contributed by atoms with van der Waals surface area (Å²) in [6, 6.07) is 0.680. The van der Waals surface area contributed by atoms with Crippen LogP contribution in [0.5, 0.6) is 0 Å². The Morgan fingerprint density at radius 1 is 1.32 bits per heavy atom. The molecule has 2 aliphatic rings. The van der Waals surface area contributed by atoms with Crippen LogP contribution in [0.2, 0.25) is 0 Å². The number of fused-ring (bicyclic) bond motifs is 1. The standard InChI is InChI=1S/C15H22N2OS/c1-10(2)14-13(9-18)19-15(16-14)17-8-7-11-5-3-4-6-12(11)17/h9-12H,3-8H2,1-2H3. The first-order valence-corrected chi connectivity index (χ1v) is 8.25. The minimum atomic E-state index is 0.329. The van der Waals surface area contributed by atoms with E-state index >= 15 is 0 Å². The van der Waals surface area contributed by atoms with Gasteiger partial charge in [-0.25, -0.2) is 4.98 Å². The lowest BCUT2D eigenvalue weighted by Crippen LogP contribution is -2.34. The average Bonchev–Trinajstić information content (AvgIpc) is 3.01. The number of carbonyl (C=O) groups excluding carboxylic acids is 1. The van der Waals surface area contributed by atoms with Gasteiger partial charge in [-0.3, -0.25) is 4.79 Å². The van der Waals surface area contributed by atoms with Gasteiger partial charge in [0.25, 0.3) is 0 Å². The smallest absolute Gasteiger partial charge is 0.186 e. The number of carbonyl (C=O) groups is 1. The second-order valence-electron chi connectivity index (χ2n) is 6.11. The van der Waals surface area contributed by atoms with E-state index < -0.39 is 0 Å². The Bertz CT molecular complexity index is 469. The summed E-state index contributed by atoms with van der Waals surface area (Å²) in [7, 11) is 0. The molecular weight excluding hydrogens is 256 g/mol. The highest BCUT2D eigenvalue weighted by Crippen LogP contribution is 2.41. The van der Waals surface area contributed by atoms with Crippen LogP contribution in [-0.2, 0) is 0 Å². The van der Waals surface area contributed by atoms with E-state index in [4.69, 9.17) is 4.98 Å². The van der Waals surface area contributed by atoms with E-state index in [1.165, 1.54) is 32.1 Å². The highest BCUT2D eigenvalue weighted by Gasteiger charge is 2.37. The minimum absolute atomic E-state index is 0.329. The van der Waals surface area contributed by atoms with E-state index in [0.29, 0.717) is 12.0 Å². The van der Waals surface area contributed by atoms with Crippen molar-refractivity contribution in [3.05, 3.63) is 10.6 Å². The maximum absolute atomic E-state index is 11.2. The Balaban J connectivity index is 1.88. The highest BCUT2D eigenvalue weighted by molar-refractivity contribution is 7.17. The Hall–Kier alpha value is -0.900. The molecule has 1 saturated heterocycles. The largest absolute Gasteiger partial charge is 0.345 e. The van der Waals surface area contributed by atoms with Gasteiger partial charge >= 0.3 is 0 Å². The van der Waals surface area contributed by atoms with E-state index in [0.717, 1.165) is 34.5 Å². The number of aldehydes is 1. The predicted octanol–water partition coefficient (Wildman–Crippen LogP) is 3.85. The summed E-state index contributed by atoms with van der Waals surface area (Å²) >= 11 is 1.59. The third-order valence-corrected chi connectivity index (χ3v) is 5.61. The van der Waals surface area contributed by atoms with Crippen molar-refractivity contribution in [3.63, 3.8) is 0 Å². The fraction of sp³-hybridized carbons (Fsp3) is 0.733. The molecule has 0 aromatic carbocycles. The predicted molar refractivity (Wildman–Crippen MR) is 79.3 cm³/mol. The second kappa shape index (κ2) is 5.23. The van der Waals surface area contributed by atoms with Crippen LogP contribution in [0.25, 0.3) is 0 Å². The molecule has 0 radical (unpaired) electrons. The van der Waals surface area contributed by atoms with Gasteiger partial charge in [-0.2, -0.15) is 0 Å². The van der Waals surface area contributed by atoms with Crippen molar-refractivity contribution in [2.75, 3.05) is 11.4 Å². The summed E-state index contributed by atoms with van der Waals surface area (Å²) in [5.74, 6) is 1.19. The zero-order valence-corrected chi connectivity index (χ0v) is 12.6. The summed E-state index contributed by atoms with van der Waals surface area (Å²) < 4.78 is 0. The lowest BCUT2D eigenvalue weighted by Gasteiger charge is -2.31. The van der Waals surface area contributed by atoms with Crippen LogP contribution in [0.1, 0.15) is 67.2 Å². The number of rotatable bonds is 3. The number of hydrogen-bond acceptors (Lipinski definition) is 4. The summed E-state index contributed by atoms with van der Waals surface area (Å²) in [5, 5.41) is 1.08. The maximum atomic E-state index is 11.2. The SMILES string of the molecule is CC(C)c1nc(N2CCC3CCCCC32)sc1C=O. The van der Waals surface area contributed by atoms with E-state index in [1.807, 2.05) is 0 Å². The van der Waals surface area contributed by atoms with Gasteiger partial charge in [0.05, 0.1) is 10.6 Å². The molecule has 104 valence electrons. The second-order valence-corrected chi connectivity index (χ2v) is 7.12. The Morgan fingerprint density at radius 3 is 2.79 bits per heavy atom. The van der Waals surface area contributed by atoms with E-state index in [9.17, 15) is 4.79 Å². The first kappa shape index (κ1) is 13.1. The van der Waals surface area contributed by atoms with E-state index in [2.05, 4.69) is 18.7 Å². The molecule has 1 aliphatic carbocycles. The topological polar surface area (TPSA) is 33.2 Å². The normalized spacial score (nSPS) is 26.8. The van der Waals surface area contributed by atoms with Crippen LogP contribution in [0.15, 0.2) is 0 Å². The molecule has 2 unspecified atom stereocenters. The molecule has 0 spiro atoms. The first-order chi connectivity index (χ1) is 9.20. The zero-order chi connectivity index (χ0) is 13.4. The number of thiazole rings is 1. The van der Waals surface area contributed by atoms with Crippen molar-refractivity contribution >= 4 is 22.8 Å². The molecule has 19 heavy (non-hydrogen) atoms. The average molecular weight is 278 g/mol. The first-order valence-electron chi connectivity index (χ1n) is 7.43. The van der Waals surface area contributed by atoms with E-state index in [1.54, 1.807) is 11.3 Å². The van der Waals surface area contributed by atoms with Gasteiger partial charge in [0, 0.05) is 12.6 Å². The van der Waals surface area contributed by atoms with Gasteiger partial charge in [0.1, 0.15) is 0 Å². The molecule has 2 atom stereocenters. The Morgan fingerprint density at radius 2 is 2.11 bits per heavy atom. The van der Waals surface area contributed by atoms with Crippen LogP contribution < -0.4 is 4.90 Å². The lowest BCUT2D eigenvalue weighted by molar-refractivity contribution is 0.112. The van der Waals surface area contributed by atoms with Crippen molar-refractivity contribution in [2.24, 2.45) is 5.92 Å². The molecule has 3 nitrogen and oxygen atoms in total. The fourth-order valence-corrected chi connectivity index (χ4v) is 4.71. The summed E-state index contributed by atoms with van der Waals surface area (Å²) in [5.41, 5.74) is 0.981. The van der Waals surface area contributed by atoms with Crippen LogP contribution in [0.4, 0.5) is 5.13 Å². The molecule has 1 aromatic heterocycles. The van der Waals surface area contributed by atoms with Crippen LogP contribution >= 0.6 is 11.3 Å². The van der Waals surface area contributed by atoms with Gasteiger partial charge in [-0.05, 0) is 31.1 Å². The van der Waals surface area contributed by atoms with Crippen LogP contribution in [-0.4, -0.2) is 23.9 Å². The van der Waals surface area contributed by atoms with Crippen molar-refractivity contribution in [3.8, 4) is 0 Å². The monoisotopic (exact) mass is 278 g/mol. The summed E-state index contributed by atoms with van der Waals surface area (Å²) in [6.07, 6.45) is 7.70. The minimum Gasteiger partial charge on any atom is -0.345 e. The Labute approximate surface area is 119 Å². The highest BCUT2D eigenvalue weighted by atomic mass is 32.1. The lowest BCUT2D eigenvalue weighted by atomic mass is 9.85. The van der Waals surface area contributed by atoms with Crippen molar-refractivity contribution in [2.45, 2.75) is 57.9 Å². The van der Waals surface area contributed by atoms with Gasteiger partial charge in [-0.15, -0.1) is 0 Å². The molecule has 1 saturated carbocycles. The van der Waals surface area contributed by atoms with Crippen molar-refractivity contribution in [1.29, 1.82) is 0 Å². The molecule has 0 amide bonds. The number of hydrogen-bond donors (Lipinski definition) is 0. The third-order valence-electron chi connectivity index (χ3n) is 4.58. The van der Waals surface area contributed by atoms with Crippen molar-refractivity contribution < 1.29 is 4.79 Å². The molecule has 4 heteroatoms. The molecule has 2 fully saturated rings. The molecule has 1 aromatic rings. The van der Waals surface area contributed by atoms with Crippen molar-refractivity contribution in [1.82, 2.24) is 4.98 Å². The number of nitrogens with zero attached hydrogens (tertiary/aromatic N) is 2. The number of anilines is 1. The van der Waals surface area contributed by atoms with E-state index in [-0.39, 0.29) is 0 Å². The fourth-order valence-electron chi connectivity index (χ4n) is 3.60. The third kappa shape index (κ3) is 2.31. The molecule has 2 heterocycles. The van der Waals surface area contributed by atoms with Crippen LogP contribution in [0, 0.1) is 5.92 Å². The summed E-state index contributed by atoms with van der Waals surface area (Å²) in [4.78, 5) is 19.3. The molecule has 3 rings (SSSR count). The van der Waals surface area contributed by atoms with Gasteiger partial charge in [0.2, 0.25) is 0 Å². The van der Waals surface area contributed by atoms with Crippen LogP contribution in [0.3, 0.4) is 0 Å². The maximum Gasteiger partial charge on any atom is 0.186 e. The molecule has 1 aliphatic heterocycles. The van der Waals surface area contributed by atoms with Gasteiger partial charge < -0.3 is 4.90 Å². The quantitative estimate of drug-likeness (QED) is 0.787. The van der Waals surface area contributed by atoms with Gasteiger partial charge in [0.15, 0.2) is 11.4 Å². The Kier molecular flexibility index (Phi) is 3.61. The van der Waals surface area contributed by atoms with Gasteiger partial charge in [-0.1, -0.05) is 38.0 Å².